The van der Waals surface area contributed by atoms with E-state index in [9.17, 15) is 18.4 Å². The number of ether oxygens (including phenoxy) is 1. The molecule has 7 heteroatoms. The van der Waals surface area contributed by atoms with Crippen LogP contribution in [0.1, 0.15) is 12.0 Å². The largest absolute Gasteiger partial charge is 0.480 e. The average molecular weight is 273 g/mol. The Kier molecular flexibility index (Phi) is 5.72. The Morgan fingerprint density at radius 1 is 1.26 bits per heavy atom. The number of carboxylic acids is 1. The van der Waals surface area contributed by atoms with E-state index >= 15 is 0 Å². The smallest absolute Gasteiger partial charge is 0.408 e. The van der Waals surface area contributed by atoms with Crippen LogP contribution in [-0.2, 0) is 16.1 Å². The fourth-order valence-corrected chi connectivity index (χ4v) is 1.31. The molecule has 1 amide bonds. The Hall–Kier alpha value is -2.18. The van der Waals surface area contributed by atoms with Gasteiger partial charge in [-0.3, -0.25) is 0 Å². The number of hydrogen-bond acceptors (Lipinski definition) is 3. The maximum Gasteiger partial charge on any atom is 0.408 e. The van der Waals surface area contributed by atoms with Gasteiger partial charge in [-0.15, -0.1) is 0 Å². The molecule has 1 rings (SSSR count). The first-order chi connectivity index (χ1) is 8.99. The van der Waals surface area contributed by atoms with E-state index in [1.807, 2.05) is 5.32 Å². The van der Waals surface area contributed by atoms with Crippen LogP contribution in [0.3, 0.4) is 0 Å². The molecule has 19 heavy (non-hydrogen) atoms. The zero-order chi connectivity index (χ0) is 14.3. The lowest BCUT2D eigenvalue weighted by molar-refractivity contribution is -0.140. The van der Waals surface area contributed by atoms with Gasteiger partial charge in [0, 0.05) is 6.42 Å². The van der Waals surface area contributed by atoms with Crippen molar-refractivity contribution in [1.29, 1.82) is 0 Å². The minimum atomic E-state index is -2.82. The number of nitrogens with one attached hydrogen (secondary N) is 1. The summed E-state index contributed by atoms with van der Waals surface area (Å²) >= 11 is 0. The Labute approximate surface area is 108 Å². The molecule has 0 bridgehead atoms. The fourth-order valence-electron chi connectivity index (χ4n) is 1.31. The van der Waals surface area contributed by atoms with E-state index in [-0.39, 0.29) is 6.61 Å². The Morgan fingerprint density at radius 2 is 1.89 bits per heavy atom. The number of carboxylic acid groups (broad SMARTS) is 1. The molecular weight excluding hydrogens is 260 g/mol. The molecule has 5 nitrogen and oxygen atoms in total. The second kappa shape index (κ2) is 7.30. The summed E-state index contributed by atoms with van der Waals surface area (Å²) in [6.45, 7) is -0.0618. The van der Waals surface area contributed by atoms with Gasteiger partial charge in [0.05, 0.1) is 0 Å². The van der Waals surface area contributed by atoms with Crippen LogP contribution in [0.5, 0.6) is 0 Å². The van der Waals surface area contributed by atoms with Crippen LogP contribution in [0.2, 0.25) is 0 Å². The van der Waals surface area contributed by atoms with Gasteiger partial charge in [0.2, 0.25) is 6.43 Å². The lowest BCUT2D eigenvalue weighted by Gasteiger charge is -2.13. The first kappa shape index (κ1) is 14.9. The van der Waals surface area contributed by atoms with Crippen molar-refractivity contribution in [3.05, 3.63) is 35.9 Å². The highest BCUT2D eigenvalue weighted by Gasteiger charge is 2.24. The van der Waals surface area contributed by atoms with Gasteiger partial charge in [0.1, 0.15) is 12.6 Å². The number of alkyl carbamates (subject to hydrolysis) is 1. The molecule has 0 saturated heterocycles. The third-order valence-corrected chi connectivity index (χ3v) is 2.22. The molecular formula is C12H13F2NO4. The van der Waals surface area contributed by atoms with E-state index in [1.54, 1.807) is 30.3 Å². The van der Waals surface area contributed by atoms with Crippen molar-refractivity contribution < 1.29 is 28.2 Å². The number of carbonyl (C=O) groups is 2. The summed E-state index contributed by atoms with van der Waals surface area (Å²) in [5.41, 5.74) is 0.707. The van der Waals surface area contributed by atoms with Crippen LogP contribution in [0.25, 0.3) is 0 Å². The van der Waals surface area contributed by atoms with Crippen molar-refractivity contribution in [2.45, 2.75) is 25.5 Å². The van der Waals surface area contributed by atoms with E-state index in [0.29, 0.717) is 5.56 Å². The van der Waals surface area contributed by atoms with Gasteiger partial charge >= 0.3 is 12.1 Å². The molecule has 0 spiro atoms. The molecule has 0 aliphatic heterocycles. The van der Waals surface area contributed by atoms with E-state index < -0.39 is 31.0 Å². The van der Waals surface area contributed by atoms with Crippen molar-refractivity contribution in [3.63, 3.8) is 0 Å². The van der Waals surface area contributed by atoms with Crippen molar-refractivity contribution in [1.82, 2.24) is 5.32 Å². The molecule has 1 aromatic carbocycles. The summed E-state index contributed by atoms with van der Waals surface area (Å²) < 4.78 is 28.9. The van der Waals surface area contributed by atoms with Crippen LogP contribution in [0, 0.1) is 0 Å². The van der Waals surface area contributed by atoms with Crippen molar-refractivity contribution in [3.8, 4) is 0 Å². The predicted octanol–water partition coefficient (Wildman–Crippen LogP) is 2.02. The molecule has 0 aromatic heterocycles. The van der Waals surface area contributed by atoms with Crippen molar-refractivity contribution >= 4 is 12.1 Å². The van der Waals surface area contributed by atoms with Crippen LogP contribution in [-0.4, -0.2) is 29.6 Å². The van der Waals surface area contributed by atoms with Gasteiger partial charge in [-0.2, -0.15) is 0 Å². The SMILES string of the molecule is O=C(N[C@H](CC(F)F)C(=O)O)OCc1ccccc1. The number of amides is 1. The summed E-state index contributed by atoms with van der Waals surface area (Å²) in [5.74, 6) is -1.53. The maximum atomic E-state index is 12.1. The number of rotatable bonds is 6. The number of halogens is 2. The highest BCUT2D eigenvalue weighted by molar-refractivity contribution is 5.79. The fraction of sp³-hybridized carbons (Fsp3) is 0.333. The third-order valence-electron chi connectivity index (χ3n) is 2.22. The number of aliphatic carboxylic acids is 1. The van der Waals surface area contributed by atoms with Gasteiger partial charge in [-0.25, -0.2) is 18.4 Å². The molecule has 0 saturated carbocycles. The second-order valence-corrected chi connectivity index (χ2v) is 3.72. The molecule has 104 valence electrons. The summed E-state index contributed by atoms with van der Waals surface area (Å²) in [4.78, 5) is 21.9. The molecule has 2 N–H and O–H groups in total. The molecule has 1 aromatic rings. The lowest BCUT2D eigenvalue weighted by atomic mass is 10.2. The average Bonchev–Trinajstić information content (AvgIpc) is 2.36. The van der Waals surface area contributed by atoms with Gasteiger partial charge in [0.25, 0.3) is 0 Å². The van der Waals surface area contributed by atoms with Crippen molar-refractivity contribution in [2.24, 2.45) is 0 Å². The van der Waals surface area contributed by atoms with Gasteiger partial charge < -0.3 is 15.2 Å². The van der Waals surface area contributed by atoms with Crippen LogP contribution >= 0.6 is 0 Å². The zero-order valence-corrected chi connectivity index (χ0v) is 9.88. The first-order valence-corrected chi connectivity index (χ1v) is 5.47. The van der Waals surface area contributed by atoms with Crippen LogP contribution < -0.4 is 5.32 Å². The standard InChI is InChI=1S/C12H13F2NO4/c13-10(14)6-9(11(16)17)15-12(18)19-7-8-4-2-1-3-5-8/h1-5,9-10H,6-7H2,(H,15,18)(H,16,17)/t9-/m1/s1. The number of hydrogen-bond donors (Lipinski definition) is 2. The minimum Gasteiger partial charge on any atom is -0.480 e. The Morgan fingerprint density at radius 3 is 2.42 bits per heavy atom. The summed E-state index contributed by atoms with van der Waals surface area (Å²) in [6.07, 6.45) is -4.83. The highest BCUT2D eigenvalue weighted by Crippen LogP contribution is 2.05. The Balaban J connectivity index is 2.42. The molecule has 0 unspecified atom stereocenters. The first-order valence-electron chi connectivity index (χ1n) is 5.47. The second-order valence-electron chi connectivity index (χ2n) is 3.72. The minimum absolute atomic E-state index is 0.0618. The normalized spacial score (nSPS) is 11.9. The molecule has 0 aliphatic carbocycles. The highest BCUT2D eigenvalue weighted by atomic mass is 19.3. The van der Waals surface area contributed by atoms with Gasteiger partial charge in [-0.05, 0) is 5.56 Å². The van der Waals surface area contributed by atoms with E-state index in [0.717, 1.165) is 0 Å². The van der Waals surface area contributed by atoms with Crippen LogP contribution in [0.15, 0.2) is 30.3 Å². The van der Waals surface area contributed by atoms with Gasteiger partial charge in [0.15, 0.2) is 0 Å². The summed E-state index contributed by atoms with van der Waals surface area (Å²) in [6, 6.07) is 7.03. The molecule has 0 heterocycles. The monoisotopic (exact) mass is 273 g/mol. The summed E-state index contributed by atoms with van der Waals surface area (Å²) in [5, 5.41) is 10.5. The summed E-state index contributed by atoms with van der Waals surface area (Å²) in [7, 11) is 0. The van der Waals surface area contributed by atoms with Crippen molar-refractivity contribution in [2.75, 3.05) is 0 Å². The molecule has 0 radical (unpaired) electrons. The number of benzene rings is 1. The van der Waals surface area contributed by atoms with Crippen LogP contribution in [0.4, 0.5) is 13.6 Å². The number of alkyl halides is 2. The zero-order valence-electron chi connectivity index (χ0n) is 9.88. The van der Waals surface area contributed by atoms with E-state index in [4.69, 9.17) is 9.84 Å². The topological polar surface area (TPSA) is 75.6 Å². The Bertz CT molecular complexity index is 425. The molecule has 0 fully saturated rings. The molecule has 0 aliphatic rings. The maximum absolute atomic E-state index is 12.1. The quantitative estimate of drug-likeness (QED) is 0.831. The van der Waals surface area contributed by atoms with Gasteiger partial charge in [-0.1, -0.05) is 30.3 Å². The van der Waals surface area contributed by atoms with E-state index in [1.165, 1.54) is 0 Å². The lowest BCUT2D eigenvalue weighted by Crippen LogP contribution is -2.42. The van der Waals surface area contributed by atoms with E-state index in [2.05, 4.69) is 0 Å². The predicted molar refractivity (Wildman–Crippen MR) is 61.8 cm³/mol. The third kappa shape index (κ3) is 5.80. The molecule has 1 atom stereocenters. The number of carbonyl (C=O) groups excluding carboxylic acids is 1.